The van der Waals surface area contributed by atoms with Crippen molar-refractivity contribution in [3.8, 4) is 11.5 Å². The van der Waals surface area contributed by atoms with E-state index in [1.165, 1.54) is 5.56 Å². The van der Waals surface area contributed by atoms with E-state index in [1.54, 1.807) is 6.20 Å². The van der Waals surface area contributed by atoms with Crippen molar-refractivity contribution in [1.29, 1.82) is 0 Å². The first-order valence-electron chi connectivity index (χ1n) is 9.59. The molecule has 0 N–H and O–H groups in total. The number of aromatic nitrogens is 1. The minimum Gasteiger partial charge on any atom is -0.494 e. The maximum absolute atomic E-state index is 6.30. The standard InChI is InChI=1S/C23H21N3O2/c1-2-27-17-12-10-16(11-13-17)20-15-21-18-7-3-4-9-22(18)28-23(26(21)25-20)19-8-5-6-14-24-19/h3-14,21,23H,2,15H2,1H3/t21-,23-/m0/s1. The van der Waals surface area contributed by atoms with Crippen molar-refractivity contribution in [2.75, 3.05) is 6.61 Å². The molecule has 0 saturated heterocycles. The van der Waals surface area contributed by atoms with Crippen molar-refractivity contribution >= 4 is 5.71 Å². The molecule has 0 radical (unpaired) electrons. The first-order valence-corrected chi connectivity index (χ1v) is 9.59. The lowest BCUT2D eigenvalue weighted by molar-refractivity contribution is -0.0218. The molecule has 3 heterocycles. The highest BCUT2D eigenvalue weighted by Gasteiger charge is 2.41. The smallest absolute Gasteiger partial charge is 0.230 e. The SMILES string of the molecule is CCOc1ccc(C2=NN3[C@@H](C2)c2ccccc2O[C@H]3c2ccccn2)cc1. The normalized spacial score (nSPS) is 20.0. The Bertz CT molecular complexity index is 1000. The summed E-state index contributed by atoms with van der Waals surface area (Å²) in [5.41, 5.74) is 4.18. The summed E-state index contributed by atoms with van der Waals surface area (Å²) in [6.07, 6.45) is 2.29. The number of pyridine rings is 1. The zero-order valence-corrected chi connectivity index (χ0v) is 15.7. The van der Waals surface area contributed by atoms with Gasteiger partial charge >= 0.3 is 0 Å². The summed E-state index contributed by atoms with van der Waals surface area (Å²) in [5, 5.41) is 7.01. The number of fused-ring (bicyclic) bond motifs is 3. The highest BCUT2D eigenvalue weighted by molar-refractivity contribution is 6.02. The fraction of sp³-hybridized carbons (Fsp3) is 0.217. The summed E-state index contributed by atoms with van der Waals surface area (Å²) >= 11 is 0. The molecule has 0 aliphatic carbocycles. The third kappa shape index (κ3) is 2.89. The predicted octanol–water partition coefficient (Wildman–Crippen LogP) is 4.72. The van der Waals surface area contributed by atoms with Crippen LogP contribution in [-0.4, -0.2) is 22.3 Å². The number of ether oxygens (including phenoxy) is 2. The Labute approximate surface area is 164 Å². The molecule has 3 aromatic rings. The minimum absolute atomic E-state index is 0.138. The van der Waals surface area contributed by atoms with Gasteiger partial charge in [0.15, 0.2) is 0 Å². The molecular weight excluding hydrogens is 350 g/mol. The molecule has 2 aromatic carbocycles. The third-order valence-electron chi connectivity index (χ3n) is 5.14. The van der Waals surface area contributed by atoms with Crippen LogP contribution in [0, 0.1) is 0 Å². The first-order chi connectivity index (χ1) is 13.8. The number of rotatable bonds is 4. The van der Waals surface area contributed by atoms with Gasteiger partial charge in [0.1, 0.15) is 17.2 Å². The van der Waals surface area contributed by atoms with Gasteiger partial charge in [-0.25, -0.2) is 5.01 Å². The van der Waals surface area contributed by atoms with Gasteiger partial charge < -0.3 is 9.47 Å². The second kappa shape index (κ2) is 7.00. The predicted molar refractivity (Wildman–Crippen MR) is 107 cm³/mol. The van der Waals surface area contributed by atoms with E-state index in [-0.39, 0.29) is 12.3 Å². The van der Waals surface area contributed by atoms with Crippen LogP contribution in [0.1, 0.15) is 42.4 Å². The monoisotopic (exact) mass is 371 g/mol. The topological polar surface area (TPSA) is 47.0 Å². The summed E-state index contributed by atoms with van der Waals surface area (Å²) in [7, 11) is 0. The van der Waals surface area contributed by atoms with Crippen LogP contribution in [0.15, 0.2) is 78.0 Å². The van der Waals surface area contributed by atoms with Crippen LogP contribution in [-0.2, 0) is 0 Å². The van der Waals surface area contributed by atoms with Crippen molar-refractivity contribution in [2.24, 2.45) is 5.10 Å². The molecule has 2 atom stereocenters. The van der Waals surface area contributed by atoms with Crippen molar-refractivity contribution in [3.05, 3.63) is 89.7 Å². The molecule has 0 unspecified atom stereocenters. The average Bonchev–Trinajstić information content (AvgIpc) is 3.20. The molecule has 2 aliphatic heterocycles. The average molecular weight is 371 g/mol. The molecule has 5 nitrogen and oxygen atoms in total. The van der Waals surface area contributed by atoms with Gasteiger partial charge in [-0.15, -0.1) is 0 Å². The fourth-order valence-corrected chi connectivity index (χ4v) is 3.84. The van der Waals surface area contributed by atoms with Gasteiger partial charge in [0.05, 0.1) is 18.4 Å². The molecular formula is C23H21N3O2. The zero-order valence-electron chi connectivity index (χ0n) is 15.7. The van der Waals surface area contributed by atoms with Crippen LogP contribution in [0.3, 0.4) is 0 Å². The molecule has 2 aliphatic rings. The van der Waals surface area contributed by atoms with Gasteiger partial charge in [0.25, 0.3) is 0 Å². The zero-order chi connectivity index (χ0) is 18.9. The van der Waals surface area contributed by atoms with Gasteiger partial charge in [0, 0.05) is 18.2 Å². The maximum Gasteiger partial charge on any atom is 0.230 e. The Kier molecular flexibility index (Phi) is 4.20. The molecule has 140 valence electrons. The Hall–Kier alpha value is -3.34. The number of para-hydroxylation sites is 1. The second-order valence-electron chi connectivity index (χ2n) is 6.87. The van der Waals surface area contributed by atoms with Gasteiger partial charge in [-0.1, -0.05) is 24.3 Å². The van der Waals surface area contributed by atoms with E-state index in [9.17, 15) is 0 Å². The van der Waals surface area contributed by atoms with E-state index in [1.807, 2.05) is 49.4 Å². The van der Waals surface area contributed by atoms with Crippen molar-refractivity contribution in [1.82, 2.24) is 9.99 Å². The molecule has 0 bridgehead atoms. The number of nitrogens with zero attached hydrogens (tertiary/aromatic N) is 3. The summed E-state index contributed by atoms with van der Waals surface area (Å²) in [4.78, 5) is 4.51. The van der Waals surface area contributed by atoms with Gasteiger partial charge in [-0.3, -0.25) is 4.98 Å². The summed E-state index contributed by atoms with van der Waals surface area (Å²) in [6.45, 7) is 2.65. The summed E-state index contributed by atoms with van der Waals surface area (Å²) < 4.78 is 11.9. The maximum atomic E-state index is 6.30. The molecule has 5 heteroatoms. The molecule has 0 spiro atoms. The van der Waals surface area contributed by atoms with Crippen LogP contribution in [0.5, 0.6) is 11.5 Å². The van der Waals surface area contributed by atoms with Crippen molar-refractivity contribution < 1.29 is 9.47 Å². The van der Waals surface area contributed by atoms with E-state index in [0.717, 1.165) is 34.9 Å². The highest BCUT2D eigenvalue weighted by Crippen LogP contribution is 2.47. The van der Waals surface area contributed by atoms with Gasteiger partial charge in [-0.2, -0.15) is 5.10 Å². The number of benzene rings is 2. The molecule has 0 fully saturated rings. The van der Waals surface area contributed by atoms with E-state index >= 15 is 0 Å². The van der Waals surface area contributed by atoms with Crippen LogP contribution < -0.4 is 9.47 Å². The third-order valence-corrected chi connectivity index (χ3v) is 5.14. The lowest BCUT2D eigenvalue weighted by Crippen LogP contribution is -2.34. The Balaban J connectivity index is 1.53. The molecule has 28 heavy (non-hydrogen) atoms. The Morgan fingerprint density at radius 1 is 1.04 bits per heavy atom. The lowest BCUT2D eigenvalue weighted by atomic mass is 9.96. The molecule has 5 rings (SSSR count). The minimum atomic E-state index is -0.332. The van der Waals surface area contributed by atoms with Crippen molar-refractivity contribution in [2.45, 2.75) is 25.6 Å². The summed E-state index contributed by atoms with van der Waals surface area (Å²) in [6, 6.07) is 22.4. The van der Waals surface area contributed by atoms with Gasteiger partial charge in [-0.05, 0) is 55.0 Å². The molecule has 1 aromatic heterocycles. The largest absolute Gasteiger partial charge is 0.494 e. The first kappa shape index (κ1) is 16.8. The Morgan fingerprint density at radius 2 is 1.86 bits per heavy atom. The lowest BCUT2D eigenvalue weighted by Gasteiger charge is -2.37. The van der Waals surface area contributed by atoms with Crippen LogP contribution in [0.2, 0.25) is 0 Å². The van der Waals surface area contributed by atoms with Crippen molar-refractivity contribution in [3.63, 3.8) is 0 Å². The Morgan fingerprint density at radius 3 is 2.64 bits per heavy atom. The number of hydrazone groups is 1. The quantitative estimate of drug-likeness (QED) is 0.666. The highest BCUT2D eigenvalue weighted by atomic mass is 16.5. The number of hydrogen-bond acceptors (Lipinski definition) is 5. The van der Waals surface area contributed by atoms with Crippen LogP contribution in [0.4, 0.5) is 0 Å². The van der Waals surface area contributed by atoms with Crippen LogP contribution >= 0.6 is 0 Å². The molecule has 0 amide bonds. The fourth-order valence-electron chi connectivity index (χ4n) is 3.84. The van der Waals surface area contributed by atoms with Gasteiger partial charge in [0.2, 0.25) is 6.23 Å². The number of hydrogen-bond donors (Lipinski definition) is 0. The summed E-state index contributed by atoms with van der Waals surface area (Å²) in [5.74, 6) is 1.78. The molecule has 0 saturated carbocycles. The van der Waals surface area contributed by atoms with Crippen LogP contribution in [0.25, 0.3) is 0 Å². The van der Waals surface area contributed by atoms with E-state index < -0.39 is 0 Å². The second-order valence-corrected chi connectivity index (χ2v) is 6.87. The van der Waals surface area contributed by atoms with E-state index in [4.69, 9.17) is 14.6 Å². The van der Waals surface area contributed by atoms with E-state index in [0.29, 0.717) is 6.61 Å². The van der Waals surface area contributed by atoms with E-state index in [2.05, 4.69) is 34.3 Å².